The van der Waals surface area contributed by atoms with Crippen molar-refractivity contribution in [1.82, 2.24) is 5.32 Å². The zero-order valence-corrected chi connectivity index (χ0v) is 11.4. The Morgan fingerprint density at radius 2 is 1.84 bits per heavy atom. The standard InChI is InChI=1S/C13H20N4O2/c1-7(2)16-13(19)8(3)17-11-6-9(12(15)18)4-5-10(11)14/h4-8,17H,14H2,1-3H3,(H2,15,18)(H,16,19). The molecule has 6 nitrogen and oxygen atoms in total. The molecule has 0 heterocycles. The summed E-state index contributed by atoms with van der Waals surface area (Å²) >= 11 is 0. The summed E-state index contributed by atoms with van der Waals surface area (Å²) < 4.78 is 0. The van der Waals surface area contributed by atoms with Gasteiger partial charge in [-0.3, -0.25) is 9.59 Å². The van der Waals surface area contributed by atoms with E-state index in [1.807, 2.05) is 13.8 Å². The number of amides is 2. The Bertz CT molecular complexity index is 486. The number of primary amides is 1. The van der Waals surface area contributed by atoms with E-state index >= 15 is 0 Å². The lowest BCUT2D eigenvalue weighted by atomic mass is 10.1. The number of benzene rings is 1. The highest BCUT2D eigenvalue weighted by atomic mass is 16.2. The molecule has 1 rings (SSSR count). The molecular weight excluding hydrogens is 244 g/mol. The highest BCUT2D eigenvalue weighted by Crippen LogP contribution is 2.20. The minimum atomic E-state index is -0.540. The van der Waals surface area contributed by atoms with Crippen molar-refractivity contribution in [2.45, 2.75) is 32.9 Å². The van der Waals surface area contributed by atoms with Gasteiger partial charge >= 0.3 is 0 Å². The third-order valence-electron chi connectivity index (χ3n) is 2.53. The van der Waals surface area contributed by atoms with Gasteiger partial charge in [0.1, 0.15) is 6.04 Å². The third-order valence-corrected chi connectivity index (χ3v) is 2.53. The van der Waals surface area contributed by atoms with Gasteiger partial charge in [0, 0.05) is 11.6 Å². The molecule has 0 spiro atoms. The van der Waals surface area contributed by atoms with Crippen molar-refractivity contribution in [3.63, 3.8) is 0 Å². The van der Waals surface area contributed by atoms with E-state index in [0.29, 0.717) is 16.9 Å². The third kappa shape index (κ3) is 4.17. The second-order valence-electron chi connectivity index (χ2n) is 4.70. The number of carbonyl (C=O) groups excluding carboxylic acids is 2. The molecule has 1 unspecified atom stereocenters. The number of nitrogens with one attached hydrogen (secondary N) is 2. The zero-order valence-electron chi connectivity index (χ0n) is 11.4. The number of nitrogens with two attached hydrogens (primary N) is 2. The quantitative estimate of drug-likeness (QED) is 0.586. The van der Waals surface area contributed by atoms with Gasteiger partial charge in [0.15, 0.2) is 0 Å². The van der Waals surface area contributed by atoms with Crippen molar-refractivity contribution in [2.24, 2.45) is 5.73 Å². The maximum absolute atomic E-state index is 11.8. The fourth-order valence-electron chi connectivity index (χ4n) is 1.54. The van der Waals surface area contributed by atoms with Gasteiger partial charge in [0.25, 0.3) is 0 Å². The van der Waals surface area contributed by atoms with Gasteiger partial charge in [-0.25, -0.2) is 0 Å². The minimum Gasteiger partial charge on any atom is -0.397 e. The van der Waals surface area contributed by atoms with Crippen molar-refractivity contribution in [3.8, 4) is 0 Å². The molecule has 0 aromatic heterocycles. The molecule has 6 N–H and O–H groups in total. The summed E-state index contributed by atoms with van der Waals surface area (Å²) in [7, 11) is 0. The summed E-state index contributed by atoms with van der Waals surface area (Å²) in [6.45, 7) is 5.48. The largest absolute Gasteiger partial charge is 0.397 e. The molecule has 2 amide bonds. The van der Waals surface area contributed by atoms with Gasteiger partial charge in [0.2, 0.25) is 11.8 Å². The molecule has 6 heteroatoms. The second kappa shape index (κ2) is 6.08. The number of carbonyl (C=O) groups is 2. The highest BCUT2D eigenvalue weighted by Gasteiger charge is 2.15. The summed E-state index contributed by atoms with van der Waals surface area (Å²) in [4.78, 5) is 22.9. The van der Waals surface area contributed by atoms with E-state index in [0.717, 1.165) is 0 Å². The molecule has 1 atom stereocenters. The predicted molar refractivity (Wildman–Crippen MR) is 75.7 cm³/mol. The van der Waals surface area contributed by atoms with Crippen LogP contribution in [0.15, 0.2) is 18.2 Å². The van der Waals surface area contributed by atoms with Crippen molar-refractivity contribution in [1.29, 1.82) is 0 Å². The first-order valence-electron chi connectivity index (χ1n) is 6.07. The molecule has 0 aliphatic rings. The smallest absolute Gasteiger partial charge is 0.248 e. The SMILES string of the molecule is CC(C)NC(=O)C(C)Nc1cc(C(N)=O)ccc1N. The minimum absolute atomic E-state index is 0.0612. The van der Waals surface area contributed by atoms with E-state index in [9.17, 15) is 9.59 Å². The Kier molecular flexibility index (Phi) is 4.74. The van der Waals surface area contributed by atoms with E-state index in [1.165, 1.54) is 6.07 Å². The Morgan fingerprint density at radius 1 is 1.21 bits per heavy atom. The van der Waals surface area contributed by atoms with Crippen LogP contribution in [0.1, 0.15) is 31.1 Å². The Balaban J connectivity index is 2.84. The average molecular weight is 264 g/mol. The monoisotopic (exact) mass is 264 g/mol. The van der Waals surface area contributed by atoms with Crippen LogP contribution in [0.2, 0.25) is 0 Å². The molecule has 0 fully saturated rings. The van der Waals surface area contributed by atoms with E-state index < -0.39 is 11.9 Å². The van der Waals surface area contributed by atoms with Crippen molar-refractivity contribution < 1.29 is 9.59 Å². The van der Waals surface area contributed by atoms with Crippen LogP contribution in [-0.4, -0.2) is 23.9 Å². The molecule has 0 saturated carbocycles. The van der Waals surface area contributed by atoms with Gasteiger partial charge in [-0.1, -0.05) is 0 Å². The molecule has 0 aliphatic carbocycles. The molecule has 19 heavy (non-hydrogen) atoms. The lowest BCUT2D eigenvalue weighted by Crippen LogP contribution is -2.41. The predicted octanol–water partition coefficient (Wildman–Crippen LogP) is 0.693. The van der Waals surface area contributed by atoms with Gasteiger partial charge in [-0.2, -0.15) is 0 Å². The molecule has 0 aliphatic heterocycles. The van der Waals surface area contributed by atoms with E-state index in [1.54, 1.807) is 19.1 Å². The van der Waals surface area contributed by atoms with Crippen LogP contribution in [-0.2, 0) is 4.79 Å². The maximum atomic E-state index is 11.8. The van der Waals surface area contributed by atoms with Crippen LogP contribution in [0.3, 0.4) is 0 Å². The van der Waals surface area contributed by atoms with Crippen molar-refractivity contribution >= 4 is 23.2 Å². The van der Waals surface area contributed by atoms with Gasteiger partial charge in [-0.05, 0) is 39.0 Å². The summed E-state index contributed by atoms with van der Waals surface area (Å²) in [5, 5.41) is 5.75. The van der Waals surface area contributed by atoms with Gasteiger partial charge in [0.05, 0.1) is 11.4 Å². The van der Waals surface area contributed by atoms with Crippen LogP contribution >= 0.6 is 0 Å². The van der Waals surface area contributed by atoms with Crippen LogP contribution in [0.4, 0.5) is 11.4 Å². The van der Waals surface area contributed by atoms with Gasteiger partial charge < -0.3 is 22.1 Å². The van der Waals surface area contributed by atoms with E-state index in [2.05, 4.69) is 10.6 Å². The highest BCUT2D eigenvalue weighted by molar-refractivity contribution is 5.95. The summed E-state index contributed by atoms with van der Waals surface area (Å²) in [5.41, 5.74) is 12.3. The van der Waals surface area contributed by atoms with Crippen molar-refractivity contribution in [2.75, 3.05) is 11.1 Å². The number of hydrogen-bond donors (Lipinski definition) is 4. The van der Waals surface area contributed by atoms with Crippen molar-refractivity contribution in [3.05, 3.63) is 23.8 Å². The zero-order chi connectivity index (χ0) is 14.6. The molecule has 0 radical (unpaired) electrons. The Labute approximate surface area is 112 Å². The normalized spacial score (nSPS) is 12.0. The molecule has 0 bridgehead atoms. The number of hydrogen-bond acceptors (Lipinski definition) is 4. The summed E-state index contributed by atoms with van der Waals surface area (Å²) in [6.07, 6.45) is 0. The summed E-state index contributed by atoms with van der Waals surface area (Å²) in [5.74, 6) is -0.679. The fourth-order valence-corrected chi connectivity index (χ4v) is 1.54. The van der Waals surface area contributed by atoms with Gasteiger partial charge in [-0.15, -0.1) is 0 Å². The van der Waals surface area contributed by atoms with Crippen LogP contribution in [0.25, 0.3) is 0 Å². The first-order valence-corrected chi connectivity index (χ1v) is 6.07. The average Bonchev–Trinajstić information content (AvgIpc) is 2.30. The molecule has 104 valence electrons. The second-order valence-corrected chi connectivity index (χ2v) is 4.70. The van der Waals surface area contributed by atoms with E-state index in [4.69, 9.17) is 11.5 Å². The van der Waals surface area contributed by atoms with E-state index in [-0.39, 0.29) is 11.9 Å². The lowest BCUT2D eigenvalue weighted by molar-refractivity contribution is -0.122. The molecule has 0 saturated heterocycles. The first-order chi connectivity index (χ1) is 8.81. The number of anilines is 2. The Hall–Kier alpha value is -2.24. The molecule has 1 aromatic rings. The lowest BCUT2D eigenvalue weighted by Gasteiger charge is -2.18. The topological polar surface area (TPSA) is 110 Å². The first kappa shape index (κ1) is 14.8. The molecule has 1 aromatic carbocycles. The van der Waals surface area contributed by atoms with Crippen LogP contribution < -0.4 is 22.1 Å². The maximum Gasteiger partial charge on any atom is 0.248 e. The number of rotatable bonds is 5. The fraction of sp³-hybridized carbons (Fsp3) is 0.385. The van der Waals surface area contributed by atoms with Crippen LogP contribution in [0.5, 0.6) is 0 Å². The van der Waals surface area contributed by atoms with Crippen LogP contribution in [0, 0.1) is 0 Å². The number of nitrogen functional groups attached to an aromatic ring is 1. The Morgan fingerprint density at radius 3 is 2.37 bits per heavy atom. The molecular formula is C13H20N4O2. The summed E-state index contributed by atoms with van der Waals surface area (Å²) in [6, 6.07) is 4.26.